The molecule has 7 heterocycles. The summed E-state index contributed by atoms with van der Waals surface area (Å²) in [7, 11) is 8.26. The lowest BCUT2D eigenvalue weighted by Crippen LogP contribution is -2.62. The number of epoxide rings is 1. The van der Waals surface area contributed by atoms with E-state index in [1.807, 2.05) is 248 Å². The number of anilines is 6. The first-order valence-electron chi connectivity index (χ1n) is 37.1. The summed E-state index contributed by atoms with van der Waals surface area (Å²) in [5, 5.41) is 67.9. The van der Waals surface area contributed by atoms with Crippen LogP contribution in [-0.2, 0) is 21.5 Å². The topological polar surface area (TPSA) is 171 Å². The minimum Gasteiger partial charge on any atom is -0.387 e. The van der Waals surface area contributed by atoms with Gasteiger partial charge in [0.2, 0.25) is 0 Å². The Morgan fingerprint density at radius 2 is 0.695 bits per heavy atom. The van der Waals surface area contributed by atoms with Crippen molar-refractivity contribution in [3.05, 3.63) is 198 Å². The molecule has 0 aromatic heterocycles. The van der Waals surface area contributed by atoms with Crippen molar-refractivity contribution in [2.75, 3.05) is 58.4 Å². The summed E-state index contributed by atoms with van der Waals surface area (Å²) in [6.07, 6.45) is -0.0468. The molecule has 1 fully saturated rings. The molecular weight excluding hydrogens is 1380 g/mol. The number of allylic oxidation sites excluding steroid dienone is 1. The van der Waals surface area contributed by atoms with Gasteiger partial charge in [0.05, 0.1) is 33.2 Å². The molecule has 0 bridgehead atoms. The smallest absolute Gasteiger partial charge is 0.121 e. The van der Waals surface area contributed by atoms with Gasteiger partial charge in [-0.3, -0.25) is 0 Å². The van der Waals surface area contributed by atoms with Crippen LogP contribution in [0.5, 0.6) is 0 Å². The van der Waals surface area contributed by atoms with Crippen molar-refractivity contribution in [3.8, 4) is 0 Å². The minimum absolute atomic E-state index is 0. The molecule has 13 nitrogen and oxygen atoms in total. The normalized spacial score (nSPS) is 24.2. The Bertz CT molecular complexity index is 3640. The highest BCUT2D eigenvalue weighted by atomic mass is 31.0. The Morgan fingerprint density at radius 3 is 1.18 bits per heavy atom. The van der Waals surface area contributed by atoms with Gasteiger partial charge in [0.1, 0.15) is 47.3 Å². The number of benzene rings is 6. The summed E-state index contributed by atoms with van der Waals surface area (Å²) in [4.78, 5) is 8.80. The molecule has 6 aromatic rings. The molecule has 105 heavy (non-hydrogen) atoms. The lowest BCUT2D eigenvalue weighted by atomic mass is 9.74. The van der Waals surface area contributed by atoms with Crippen LogP contribution in [0.1, 0.15) is 227 Å². The number of hydrogen-bond donors (Lipinski definition) is 8. The van der Waals surface area contributed by atoms with Crippen molar-refractivity contribution in [3.63, 3.8) is 0 Å². The number of ether oxygens (including phenoxy) is 1. The monoisotopic (exact) mass is 1530 g/mol. The van der Waals surface area contributed by atoms with Crippen molar-refractivity contribution in [2.45, 2.75) is 274 Å². The second-order valence-electron chi connectivity index (χ2n) is 29.1. The molecule has 12 unspecified atom stereocenters. The second kappa shape index (κ2) is 42.7. The number of nitrogens with one attached hydrogen (secondary N) is 2. The predicted molar refractivity (Wildman–Crippen MR) is 484 cm³/mol. The fraction of sp³-hybridized carbons (Fsp3) is 0.523. The quantitative estimate of drug-likeness (QED) is 0.0534. The zero-order chi connectivity index (χ0) is 78.2. The van der Waals surface area contributed by atoms with E-state index in [9.17, 15) is 30.6 Å². The lowest BCUT2D eigenvalue weighted by molar-refractivity contribution is -0.102. The number of hydrogen-bond acceptors (Lipinski definition) is 13. The predicted octanol–water partition coefficient (Wildman–Crippen LogP) is 19.7. The first-order valence-corrected chi connectivity index (χ1v) is 37.1. The van der Waals surface area contributed by atoms with Gasteiger partial charge in [0.25, 0.3) is 0 Å². The molecule has 8 N–H and O–H groups in total. The minimum atomic E-state index is -1.20. The van der Waals surface area contributed by atoms with Crippen LogP contribution in [0.25, 0.3) is 16.7 Å². The summed E-state index contributed by atoms with van der Waals surface area (Å²) in [6, 6.07) is 48.3. The molecule has 6 aromatic carbocycles. The Kier molecular flexibility index (Phi) is 42.2. The molecule has 17 heteroatoms. The number of aliphatic hydroxyl groups excluding tert-OH is 4. The zero-order valence-electron chi connectivity index (χ0n) is 71.4. The van der Waals surface area contributed by atoms with E-state index < -0.39 is 46.7 Å². The summed E-state index contributed by atoms with van der Waals surface area (Å²) in [6.45, 7) is 64.2. The first-order chi connectivity index (χ1) is 47.1. The fourth-order valence-corrected chi connectivity index (χ4v) is 13.8. The summed E-state index contributed by atoms with van der Waals surface area (Å²) in [5.41, 5.74) is 12.0. The maximum atomic E-state index is 10.5. The number of fused-ring (bicyclic) bond motifs is 8. The highest BCUT2D eigenvalue weighted by Gasteiger charge is 2.66. The van der Waals surface area contributed by atoms with E-state index in [2.05, 4.69) is 155 Å². The van der Waals surface area contributed by atoms with Gasteiger partial charge in [0, 0.05) is 95.7 Å². The molecule has 7 aliphatic heterocycles. The molecule has 0 spiro atoms. The van der Waals surface area contributed by atoms with Gasteiger partial charge in [-0.2, -0.15) is 39.6 Å². The third-order valence-electron chi connectivity index (χ3n) is 20.5. The van der Waals surface area contributed by atoms with Crippen molar-refractivity contribution in [2.24, 2.45) is 0 Å². The number of aliphatic hydroxyl groups is 6. The van der Waals surface area contributed by atoms with E-state index in [0.717, 1.165) is 56.1 Å². The summed E-state index contributed by atoms with van der Waals surface area (Å²) >= 11 is 0. The van der Waals surface area contributed by atoms with E-state index >= 15 is 0 Å². The molecule has 0 radical (unpaired) electrons. The standard InChI is InChI=1S/C13H19NO2.2C13H17NO.C13H17N.C12H17NO2.C12H15NO.6C2H6.4H3P/c1-12(2)11(15)13(3,16)9-7-5-6-8-10(9)14(12)4;1-12(2)11-13(3,15-11)9-7-5-6-8-10(9)14(12)4;1-9-10-7-5-6-8-11(10)14(4)13(2,3)12(9)15;1-10-9-13(2,3)14(4)12-8-6-5-7-11(10)12;1-11(2)10(14)12(3,15)8-6-4-5-7-9(8)13-11;1-8-9-6-4-5-7-10(9)13-12(2,3)11(8)14;6*1-2;;;;/h5-8,11,15-16H,1-4H3;5-8,11H,1-4H3;5-8,12,15H,1H2,2-4H3;5-9H,1-4H3;4-7,10,13-15H,1-3H3;4-7,11,13-14H,1H2,2-3H3;6*1-2H3;4*1H3. The first kappa shape index (κ1) is 104. The van der Waals surface area contributed by atoms with Crippen LogP contribution < -0.4 is 30.2 Å². The van der Waals surface area contributed by atoms with Gasteiger partial charge in [-0.1, -0.05) is 212 Å². The average Bonchev–Trinajstić information content (AvgIpc) is 1.53. The molecule has 12 atom stereocenters. The molecule has 13 rings (SSSR count). The largest absolute Gasteiger partial charge is 0.387 e. The third-order valence-corrected chi connectivity index (χ3v) is 20.5. The van der Waals surface area contributed by atoms with Gasteiger partial charge >= 0.3 is 0 Å². The molecule has 0 saturated carbocycles. The molecule has 1 saturated heterocycles. The van der Waals surface area contributed by atoms with Crippen LogP contribution in [-0.4, -0.2) is 123 Å². The van der Waals surface area contributed by atoms with Crippen molar-refractivity contribution in [1.29, 1.82) is 0 Å². The van der Waals surface area contributed by atoms with Gasteiger partial charge in [-0.25, -0.2) is 0 Å². The van der Waals surface area contributed by atoms with Crippen LogP contribution >= 0.6 is 39.6 Å². The molecular formula is C88H150N6O7P4. The number of rotatable bonds is 0. The highest BCUT2D eigenvalue weighted by Crippen LogP contribution is 2.59. The van der Waals surface area contributed by atoms with Crippen LogP contribution in [0.4, 0.5) is 34.1 Å². The number of likely N-dealkylation sites (N-methyl/N-ethyl adjacent to an activating group) is 4. The van der Waals surface area contributed by atoms with E-state index in [4.69, 9.17) is 4.74 Å². The molecule has 0 aliphatic carbocycles. The van der Waals surface area contributed by atoms with E-state index in [1.165, 1.54) is 28.1 Å². The second-order valence-corrected chi connectivity index (χ2v) is 29.1. The highest BCUT2D eigenvalue weighted by molar-refractivity contribution is 6.92. The Labute approximate surface area is 653 Å². The van der Waals surface area contributed by atoms with Crippen molar-refractivity contribution >= 4 is 90.4 Å². The summed E-state index contributed by atoms with van der Waals surface area (Å²) in [5.74, 6) is 0. The van der Waals surface area contributed by atoms with Gasteiger partial charge in [-0.15, -0.1) is 0 Å². The molecule has 0 amide bonds. The van der Waals surface area contributed by atoms with Crippen LogP contribution in [0.3, 0.4) is 0 Å². The lowest BCUT2D eigenvalue weighted by Gasteiger charge is -2.52. The van der Waals surface area contributed by atoms with Crippen molar-refractivity contribution < 1.29 is 35.4 Å². The van der Waals surface area contributed by atoms with E-state index in [-0.39, 0.29) is 67.4 Å². The average molecular weight is 1530 g/mol. The van der Waals surface area contributed by atoms with Gasteiger partial charge < -0.3 is 65.6 Å². The van der Waals surface area contributed by atoms with Gasteiger partial charge in [-0.05, 0) is 164 Å². The SMILES string of the molecule is C=C1c2ccccc2N(C)C(C)(C)C1O.C=C1c2ccccc2NC(C)(C)C1O.CC.CC.CC.CC.CC.CC.CC1(C)Nc2ccccc2C(C)(O)C1O.CC1=CC(C)(C)N(C)c2ccccc21.CN1c2ccccc2C(C)(O)C(O)C1(C)C.CN1c2ccccc2C2(C)OC2C1(C)C.P.P.P.P. The zero-order valence-corrected chi connectivity index (χ0v) is 77.1. The molecule has 7 aliphatic rings. The number of para-hydroxylation sites is 6. The Balaban J connectivity index is -0.00000115. The maximum absolute atomic E-state index is 10.5. The Hall–Kier alpha value is -5.22. The van der Waals surface area contributed by atoms with Crippen LogP contribution in [0.15, 0.2) is 165 Å². The van der Waals surface area contributed by atoms with E-state index in [1.54, 1.807) is 13.8 Å². The number of nitrogens with zero attached hydrogens (tertiary/aromatic N) is 4. The maximum Gasteiger partial charge on any atom is 0.121 e. The van der Waals surface area contributed by atoms with E-state index in [0.29, 0.717) is 6.10 Å². The Morgan fingerprint density at radius 1 is 0.362 bits per heavy atom. The molecule has 594 valence electrons. The van der Waals surface area contributed by atoms with Crippen molar-refractivity contribution in [1.82, 2.24) is 0 Å². The fourth-order valence-electron chi connectivity index (χ4n) is 13.8. The van der Waals surface area contributed by atoms with Gasteiger partial charge in [0.15, 0.2) is 0 Å². The summed E-state index contributed by atoms with van der Waals surface area (Å²) < 4.78 is 5.94. The van der Waals surface area contributed by atoms with Crippen LogP contribution in [0.2, 0.25) is 0 Å². The van der Waals surface area contributed by atoms with Crippen LogP contribution in [0, 0.1) is 0 Å². The third kappa shape index (κ3) is 22.1.